The van der Waals surface area contributed by atoms with E-state index in [1.165, 1.54) is 6.07 Å². The van der Waals surface area contributed by atoms with Gasteiger partial charge in [0.25, 0.3) is 5.91 Å². The summed E-state index contributed by atoms with van der Waals surface area (Å²) in [5.74, 6) is -1.51. The van der Waals surface area contributed by atoms with E-state index in [1.807, 2.05) is 0 Å². The number of amides is 1. The van der Waals surface area contributed by atoms with Gasteiger partial charge in [-0.15, -0.1) is 0 Å². The first kappa shape index (κ1) is 13.2. The second-order valence-electron chi connectivity index (χ2n) is 4.39. The van der Waals surface area contributed by atoms with Crippen molar-refractivity contribution in [1.82, 2.24) is 10.3 Å². The molecule has 1 aliphatic rings. The summed E-state index contributed by atoms with van der Waals surface area (Å²) in [6.45, 7) is 0. The minimum atomic E-state index is -1.17. The fourth-order valence-electron chi connectivity index (χ4n) is 2.18. The van der Waals surface area contributed by atoms with Crippen LogP contribution in [-0.2, 0) is 4.79 Å². The number of rotatable bonds is 3. The number of hydrogen-bond acceptors (Lipinski definition) is 2. The van der Waals surface area contributed by atoms with Crippen LogP contribution >= 0.6 is 23.2 Å². The van der Waals surface area contributed by atoms with Crippen LogP contribution in [-0.4, -0.2) is 27.5 Å². The highest BCUT2D eigenvalue weighted by molar-refractivity contribution is 6.41. The van der Waals surface area contributed by atoms with Crippen LogP contribution in [0.2, 0.25) is 10.2 Å². The molecule has 1 heterocycles. The lowest BCUT2D eigenvalue weighted by Crippen LogP contribution is -2.52. The molecule has 0 unspecified atom stereocenters. The molecule has 98 valence electrons. The van der Waals surface area contributed by atoms with Crippen LogP contribution in [0.25, 0.3) is 0 Å². The maximum Gasteiger partial charge on any atom is 0.329 e. The Balaban J connectivity index is 2.17. The molecular formula is C11H12Cl2N2O3. The number of carboxylic acids is 1. The van der Waals surface area contributed by atoms with Crippen molar-refractivity contribution in [1.29, 1.82) is 0 Å². The Morgan fingerprint density at radius 1 is 1.33 bits per heavy atom. The Labute approximate surface area is 113 Å². The fraction of sp³-hybridized carbons (Fsp3) is 0.455. The smallest absolute Gasteiger partial charge is 0.329 e. The Morgan fingerprint density at radius 3 is 2.39 bits per heavy atom. The third-order valence-corrected chi connectivity index (χ3v) is 3.88. The van der Waals surface area contributed by atoms with Gasteiger partial charge >= 0.3 is 5.97 Å². The molecule has 2 rings (SSSR count). The number of aromatic nitrogens is 1. The molecule has 1 aliphatic carbocycles. The van der Waals surface area contributed by atoms with Crippen LogP contribution in [0.3, 0.4) is 0 Å². The first-order chi connectivity index (χ1) is 8.44. The van der Waals surface area contributed by atoms with E-state index in [1.54, 1.807) is 0 Å². The van der Waals surface area contributed by atoms with Crippen LogP contribution < -0.4 is 5.32 Å². The van der Waals surface area contributed by atoms with Crippen molar-refractivity contribution in [2.75, 3.05) is 0 Å². The first-order valence-corrected chi connectivity index (χ1v) is 6.30. The predicted molar refractivity (Wildman–Crippen MR) is 67.1 cm³/mol. The predicted octanol–water partition coefficient (Wildman–Crippen LogP) is 2.45. The molecule has 1 saturated carbocycles. The zero-order valence-electron chi connectivity index (χ0n) is 9.43. The Morgan fingerprint density at radius 2 is 1.94 bits per heavy atom. The molecule has 1 amide bonds. The van der Waals surface area contributed by atoms with Crippen LogP contribution in [0.15, 0.2) is 6.07 Å². The number of carbonyl (C=O) groups excluding carboxylic acids is 1. The number of aliphatic carboxylic acids is 1. The number of carboxylic acid groups (broad SMARTS) is 1. The second-order valence-corrected chi connectivity index (χ2v) is 5.18. The average molecular weight is 291 g/mol. The van der Waals surface area contributed by atoms with Gasteiger partial charge in [0, 0.05) is 0 Å². The average Bonchev–Trinajstić information content (AvgIpc) is 2.88. The lowest BCUT2D eigenvalue weighted by Gasteiger charge is -2.24. The Kier molecular flexibility index (Phi) is 3.54. The maximum atomic E-state index is 12.0. The summed E-state index contributed by atoms with van der Waals surface area (Å²) in [7, 11) is 0. The zero-order valence-corrected chi connectivity index (χ0v) is 10.9. The highest BCUT2D eigenvalue weighted by Crippen LogP contribution is 2.30. The summed E-state index contributed by atoms with van der Waals surface area (Å²) in [5, 5.41) is 12.2. The summed E-state index contributed by atoms with van der Waals surface area (Å²) in [4.78, 5) is 25.8. The maximum absolute atomic E-state index is 12.0. The summed E-state index contributed by atoms with van der Waals surface area (Å²) in [6, 6.07) is 1.38. The molecule has 0 aromatic carbocycles. The van der Waals surface area contributed by atoms with Crippen LogP contribution in [0.4, 0.5) is 0 Å². The molecule has 5 nitrogen and oxygen atoms in total. The fourth-order valence-corrected chi connectivity index (χ4v) is 2.49. The quantitative estimate of drug-likeness (QED) is 0.800. The molecule has 0 saturated heterocycles. The van der Waals surface area contributed by atoms with E-state index in [4.69, 9.17) is 23.2 Å². The topological polar surface area (TPSA) is 82.2 Å². The monoisotopic (exact) mass is 290 g/mol. The van der Waals surface area contributed by atoms with E-state index in [0.717, 1.165) is 12.8 Å². The minimum Gasteiger partial charge on any atom is -0.480 e. The van der Waals surface area contributed by atoms with Gasteiger partial charge in [0.05, 0.1) is 5.02 Å². The molecular weight excluding hydrogens is 279 g/mol. The molecule has 3 N–H and O–H groups in total. The molecule has 0 bridgehead atoms. The van der Waals surface area contributed by atoms with E-state index in [2.05, 4.69) is 10.3 Å². The van der Waals surface area contributed by atoms with Gasteiger partial charge in [-0.2, -0.15) is 0 Å². The number of nitrogens with one attached hydrogen (secondary N) is 2. The highest BCUT2D eigenvalue weighted by atomic mass is 35.5. The number of carbonyl (C=O) groups is 2. The van der Waals surface area contributed by atoms with Crippen molar-refractivity contribution in [3.05, 3.63) is 21.9 Å². The zero-order chi connectivity index (χ0) is 13.3. The standard InChI is InChI=1S/C11H12Cl2N2O3/c12-6-5-7(14-8(6)13)9(16)15-11(10(17)18)3-1-2-4-11/h5,14H,1-4H2,(H,15,16)(H,17,18). The summed E-state index contributed by atoms with van der Waals surface area (Å²) in [5.41, 5.74) is -1.00. The Hall–Kier alpha value is -1.20. The van der Waals surface area contributed by atoms with Gasteiger partial charge in [0.2, 0.25) is 0 Å². The first-order valence-electron chi connectivity index (χ1n) is 5.54. The van der Waals surface area contributed by atoms with E-state index in [9.17, 15) is 14.7 Å². The highest BCUT2D eigenvalue weighted by Gasteiger charge is 2.42. The number of hydrogen-bond donors (Lipinski definition) is 3. The van der Waals surface area contributed by atoms with Crippen molar-refractivity contribution in [2.45, 2.75) is 31.2 Å². The number of aromatic amines is 1. The number of halogens is 2. The lowest BCUT2D eigenvalue weighted by atomic mass is 9.97. The normalized spacial score (nSPS) is 17.7. The minimum absolute atomic E-state index is 0.164. The molecule has 0 aliphatic heterocycles. The van der Waals surface area contributed by atoms with E-state index < -0.39 is 17.4 Å². The van der Waals surface area contributed by atoms with E-state index >= 15 is 0 Å². The van der Waals surface area contributed by atoms with E-state index in [-0.39, 0.29) is 15.9 Å². The largest absolute Gasteiger partial charge is 0.480 e. The van der Waals surface area contributed by atoms with E-state index in [0.29, 0.717) is 12.8 Å². The summed E-state index contributed by atoms with van der Waals surface area (Å²) in [6.07, 6.45) is 2.46. The van der Waals surface area contributed by atoms with Crippen molar-refractivity contribution in [3.8, 4) is 0 Å². The molecule has 0 atom stereocenters. The SMILES string of the molecule is O=C(NC1(C(=O)O)CCCC1)c1cc(Cl)c(Cl)[nH]1. The van der Waals surface area contributed by atoms with Crippen LogP contribution in [0, 0.1) is 0 Å². The van der Waals surface area contributed by atoms with Crippen molar-refractivity contribution >= 4 is 35.1 Å². The van der Waals surface area contributed by atoms with Gasteiger partial charge in [0.1, 0.15) is 16.4 Å². The molecule has 1 aromatic heterocycles. The van der Waals surface area contributed by atoms with Crippen molar-refractivity contribution in [2.24, 2.45) is 0 Å². The third-order valence-electron chi connectivity index (χ3n) is 3.19. The van der Waals surface area contributed by atoms with Crippen molar-refractivity contribution in [3.63, 3.8) is 0 Å². The molecule has 18 heavy (non-hydrogen) atoms. The number of H-pyrrole nitrogens is 1. The van der Waals surface area contributed by atoms with Gasteiger partial charge < -0.3 is 15.4 Å². The molecule has 1 fully saturated rings. The van der Waals surface area contributed by atoms with Gasteiger partial charge in [-0.3, -0.25) is 4.79 Å². The van der Waals surface area contributed by atoms with Gasteiger partial charge in [-0.25, -0.2) is 4.79 Å². The molecule has 0 radical (unpaired) electrons. The second kappa shape index (κ2) is 4.82. The molecule has 7 heteroatoms. The van der Waals surface area contributed by atoms with Gasteiger partial charge in [0.15, 0.2) is 0 Å². The van der Waals surface area contributed by atoms with Crippen LogP contribution in [0.5, 0.6) is 0 Å². The lowest BCUT2D eigenvalue weighted by molar-refractivity contribution is -0.144. The molecule has 1 aromatic rings. The summed E-state index contributed by atoms with van der Waals surface area (Å²) < 4.78 is 0. The van der Waals surface area contributed by atoms with Crippen LogP contribution in [0.1, 0.15) is 36.2 Å². The van der Waals surface area contributed by atoms with Gasteiger partial charge in [-0.1, -0.05) is 36.0 Å². The Bertz CT molecular complexity index is 473. The third kappa shape index (κ3) is 2.33. The molecule has 0 spiro atoms. The van der Waals surface area contributed by atoms with Gasteiger partial charge in [-0.05, 0) is 18.9 Å². The van der Waals surface area contributed by atoms with Crippen molar-refractivity contribution < 1.29 is 14.7 Å². The summed E-state index contributed by atoms with van der Waals surface area (Å²) >= 11 is 11.4.